The summed E-state index contributed by atoms with van der Waals surface area (Å²) in [6.45, 7) is -3.36. The molecule has 0 aliphatic carbocycles. The van der Waals surface area contributed by atoms with Gasteiger partial charge in [0.15, 0.2) is 6.36 Å². The van der Waals surface area contributed by atoms with Crippen LogP contribution in [0.25, 0.3) is 0 Å². The summed E-state index contributed by atoms with van der Waals surface area (Å²) in [7, 11) is 0. The summed E-state index contributed by atoms with van der Waals surface area (Å²) in [5.41, 5.74) is 0. The first-order valence-corrected chi connectivity index (χ1v) is 7.36. The van der Waals surface area contributed by atoms with Crippen LogP contribution in [0.2, 0.25) is 0 Å². The van der Waals surface area contributed by atoms with Crippen LogP contribution in [-0.4, -0.2) is 73.9 Å². The highest BCUT2D eigenvalue weighted by Gasteiger charge is 2.76. The first-order valence-electron chi connectivity index (χ1n) is 7.36. The zero-order chi connectivity index (χ0) is 25.1. The fourth-order valence-corrected chi connectivity index (χ4v) is 1.35. The van der Waals surface area contributed by atoms with Crippen molar-refractivity contribution in [2.45, 2.75) is 62.5 Å². The number of aliphatic hydroxyl groups excluding tert-OH is 1. The van der Waals surface area contributed by atoms with Crippen LogP contribution in [0.15, 0.2) is 0 Å². The Kier molecular flexibility index (Phi) is 9.79. The molecule has 0 heterocycles. The van der Waals surface area contributed by atoms with E-state index in [1.807, 2.05) is 0 Å². The molecule has 0 aromatic rings. The Morgan fingerprint density at radius 2 is 1.23 bits per heavy atom. The van der Waals surface area contributed by atoms with Crippen LogP contribution in [0.1, 0.15) is 6.92 Å². The molecule has 0 amide bonds. The van der Waals surface area contributed by atoms with Crippen molar-refractivity contribution in [3.05, 3.63) is 0 Å². The van der Waals surface area contributed by atoms with E-state index in [0.29, 0.717) is 6.92 Å². The Labute approximate surface area is 162 Å². The number of ether oxygens (including phenoxy) is 4. The fourth-order valence-electron chi connectivity index (χ4n) is 1.35. The summed E-state index contributed by atoms with van der Waals surface area (Å²) < 4.78 is 190. The third-order valence-corrected chi connectivity index (χ3v) is 2.80. The van der Waals surface area contributed by atoms with E-state index in [1.54, 1.807) is 0 Å². The summed E-state index contributed by atoms with van der Waals surface area (Å²) >= 11 is 0. The number of halogens is 14. The van der Waals surface area contributed by atoms with Crippen LogP contribution in [0.4, 0.5) is 61.5 Å². The predicted molar refractivity (Wildman–Crippen MR) is 66.3 cm³/mol. The minimum absolute atomic E-state index is 0.447. The van der Waals surface area contributed by atoms with E-state index in [4.69, 9.17) is 5.11 Å². The summed E-state index contributed by atoms with van der Waals surface area (Å²) in [5.74, 6) is -7.15. The highest BCUT2D eigenvalue weighted by atomic mass is 19.4. The Bertz CT molecular complexity index is 554. The van der Waals surface area contributed by atoms with Crippen molar-refractivity contribution in [2.24, 2.45) is 0 Å². The first-order chi connectivity index (χ1) is 13.6. The van der Waals surface area contributed by atoms with Crippen molar-refractivity contribution in [3.63, 3.8) is 0 Å². The maximum Gasteiger partial charge on any atom is 0.462 e. The number of alkyl halides is 14. The van der Waals surface area contributed by atoms with Gasteiger partial charge in [-0.05, 0) is 6.92 Å². The minimum atomic E-state index is -7.15. The Morgan fingerprint density at radius 1 is 0.742 bits per heavy atom. The van der Waals surface area contributed by atoms with Gasteiger partial charge in [0, 0.05) is 0 Å². The van der Waals surface area contributed by atoms with Crippen molar-refractivity contribution >= 4 is 0 Å². The SMILES string of the molecule is CC(F)OC(F)C(F)(F)OCC(CO)OC(F)(F)C(F)OC(F)(F)C(F)(F)C(F)(F)F. The number of rotatable bonds is 13. The van der Waals surface area contributed by atoms with E-state index in [9.17, 15) is 61.5 Å². The van der Waals surface area contributed by atoms with Gasteiger partial charge >= 0.3 is 30.4 Å². The molecule has 1 N–H and O–H groups in total. The van der Waals surface area contributed by atoms with E-state index in [2.05, 4.69) is 18.9 Å². The highest BCUT2D eigenvalue weighted by Crippen LogP contribution is 2.48. The number of aliphatic hydroxyl groups is 1. The zero-order valence-electron chi connectivity index (χ0n) is 14.6. The molecule has 0 aromatic carbocycles. The summed E-state index contributed by atoms with van der Waals surface area (Å²) in [5, 5.41) is 8.67. The molecule has 0 saturated carbocycles. The summed E-state index contributed by atoms with van der Waals surface area (Å²) in [4.78, 5) is 0. The van der Waals surface area contributed by atoms with Gasteiger partial charge in [0.05, 0.1) is 13.2 Å². The molecule has 0 fully saturated rings. The quantitative estimate of drug-likeness (QED) is 0.381. The second-order valence-corrected chi connectivity index (χ2v) is 5.38. The van der Waals surface area contributed by atoms with E-state index < -0.39 is 68.8 Å². The van der Waals surface area contributed by atoms with Gasteiger partial charge in [-0.15, -0.1) is 0 Å². The molecular weight excluding hydrogens is 490 g/mol. The summed E-state index contributed by atoms with van der Waals surface area (Å²) in [6.07, 6.45) is -39.2. The van der Waals surface area contributed by atoms with E-state index in [-0.39, 0.29) is 0 Å². The van der Waals surface area contributed by atoms with Gasteiger partial charge < -0.3 is 19.3 Å². The summed E-state index contributed by atoms with van der Waals surface area (Å²) in [6, 6.07) is 0. The van der Waals surface area contributed by atoms with Crippen LogP contribution < -0.4 is 0 Å². The fraction of sp³-hybridized carbons (Fsp3) is 1.00. The second kappa shape index (κ2) is 10.2. The maximum absolute atomic E-state index is 13.3. The monoisotopic (exact) mass is 502 g/mol. The molecule has 0 bridgehead atoms. The van der Waals surface area contributed by atoms with Crippen molar-refractivity contribution in [3.8, 4) is 0 Å². The Morgan fingerprint density at radius 3 is 1.61 bits per heavy atom. The zero-order valence-corrected chi connectivity index (χ0v) is 14.6. The molecule has 4 atom stereocenters. The molecule has 0 rings (SSSR count). The van der Waals surface area contributed by atoms with Crippen LogP contribution >= 0.6 is 0 Å². The molecule has 0 aromatic heterocycles. The van der Waals surface area contributed by atoms with Gasteiger partial charge in [0.1, 0.15) is 6.10 Å². The third kappa shape index (κ3) is 8.03. The maximum atomic E-state index is 13.3. The molecule has 4 unspecified atom stereocenters. The lowest BCUT2D eigenvalue weighted by atomic mass is 10.3. The smallest absolute Gasteiger partial charge is 0.394 e. The van der Waals surface area contributed by atoms with Gasteiger partial charge in [-0.2, -0.15) is 48.3 Å². The van der Waals surface area contributed by atoms with Gasteiger partial charge in [-0.1, -0.05) is 0 Å². The molecule has 0 aliphatic heterocycles. The number of hydrogen-bond acceptors (Lipinski definition) is 5. The van der Waals surface area contributed by atoms with Crippen LogP contribution in [0, 0.1) is 0 Å². The predicted octanol–water partition coefficient (Wildman–Crippen LogP) is 4.30. The van der Waals surface area contributed by atoms with E-state index in [0.717, 1.165) is 0 Å². The van der Waals surface area contributed by atoms with Crippen LogP contribution in [0.5, 0.6) is 0 Å². The van der Waals surface area contributed by atoms with Gasteiger partial charge in [0.2, 0.25) is 0 Å². The molecule has 5 nitrogen and oxygen atoms in total. The van der Waals surface area contributed by atoms with Gasteiger partial charge in [0.25, 0.3) is 12.7 Å². The topological polar surface area (TPSA) is 57.2 Å². The normalized spacial score (nSPS) is 18.6. The molecule has 0 radical (unpaired) electrons. The molecular formula is C12H12F14O5. The minimum Gasteiger partial charge on any atom is -0.394 e. The first kappa shape index (κ1) is 29.8. The van der Waals surface area contributed by atoms with Crippen molar-refractivity contribution < 1.29 is 85.5 Å². The highest BCUT2D eigenvalue weighted by molar-refractivity contribution is 4.85. The van der Waals surface area contributed by atoms with Crippen LogP contribution in [-0.2, 0) is 18.9 Å². The average molecular weight is 502 g/mol. The molecule has 0 spiro atoms. The van der Waals surface area contributed by atoms with Crippen LogP contribution in [0.3, 0.4) is 0 Å². The van der Waals surface area contributed by atoms with Crippen molar-refractivity contribution in [1.29, 1.82) is 0 Å². The lowest BCUT2D eigenvalue weighted by Crippen LogP contribution is -2.56. The Hall–Kier alpha value is -1.18. The van der Waals surface area contributed by atoms with Crippen molar-refractivity contribution in [1.82, 2.24) is 0 Å². The molecule has 19 heteroatoms. The van der Waals surface area contributed by atoms with Crippen molar-refractivity contribution in [2.75, 3.05) is 13.2 Å². The van der Waals surface area contributed by atoms with Gasteiger partial charge in [-0.3, -0.25) is 4.74 Å². The van der Waals surface area contributed by atoms with Gasteiger partial charge in [-0.25, -0.2) is 13.2 Å². The largest absolute Gasteiger partial charge is 0.462 e. The molecule has 0 saturated heterocycles. The molecule has 0 aliphatic rings. The molecule has 188 valence electrons. The lowest BCUT2D eigenvalue weighted by molar-refractivity contribution is -0.468. The lowest BCUT2D eigenvalue weighted by Gasteiger charge is -2.31. The Balaban J connectivity index is 5.18. The average Bonchev–Trinajstić information content (AvgIpc) is 2.56. The van der Waals surface area contributed by atoms with E-state index in [1.165, 1.54) is 0 Å². The third-order valence-electron chi connectivity index (χ3n) is 2.80. The number of hydrogen-bond donors (Lipinski definition) is 1. The second-order valence-electron chi connectivity index (χ2n) is 5.38. The standard InChI is InChI=1S/C12H12F14O5/c1-4(13)29-6(14)8(16,17)28-3-5(2-27)30-9(18,19)7(15)31-12(25,26)10(20,21)11(22,23)24/h4-7,27H,2-3H2,1H3. The molecule has 31 heavy (non-hydrogen) atoms. The van der Waals surface area contributed by atoms with E-state index >= 15 is 0 Å².